The van der Waals surface area contributed by atoms with Gasteiger partial charge in [-0.1, -0.05) is 26.7 Å². The van der Waals surface area contributed by atoms with Crippen LogP contribution in [0.1, 0.15) is 46.0 Å². The number of hydrogen-bond acceptors (Lipinski definition) is 3. The van der Waals surface area contributed by atoms with Gasteiger partial charge in [-0.15, -0.1) is 0 Å². The second-order valence-electron chi connectivity index (χ2n) is 7.60. The smallest absolute Gasteiger partial charge is 0.229 e. The van der Waals surface area contributed by atoms with E-state index in [0.717, 1.165) is 12.8 Å². The fourth-order valence-corrected chi connectivity index (χ4v) is 3.64. The number of nitrogens with one attached hydrogen (secondary N) is 2. The molecule has 1 aliphatic heterocycles. The molecule has 1 heterocycles. The lowest BCUT2D eigenvalue weighted by Crippen LogP contribution is -2.35. The number of carbonyl (C=O) groups is 3. The summed E-state index contributed by atoms with van der Waals surface area (Å²) in [5.74, 6) is -0.430. The first-order valence-corrected chi connectivity index (χ1v) is 9.45. The van der Waals surface area contributed by atoms with Crippen LogP contribution in [0.25, 0.3) is 0 Å². The minimum atomic E-state index is -0.288. The van der Waals surface area contributed by atoms with Gasteiger partial charge in [0.2, 0.25) is 17.7 Å². The molecular weight excluding hydrogens is 330 g/mol. The number of rotatable bonds is 5. The van der Waals surface area contributed by atoms with Gasteiger partial charge >= 0.3 is 0 Å². The Morgan fingerprint density at radius 3 is 2.19 bits per heavy atom. The van der Waals surface area contributed by atoms with Gasteiger partial charge in [0.05, 0.1) is 5.92 Å². The molecule has 1 aliphatic carbocycles. The summed E-state index contributed by atoms with van der Waals surface area (Å²) < 4.78 is 0. The number of amides is 3. The molecule has 3 amide bonds. The molecule has 0 spiro atoms. The van der Waals surface area contributed by atoms with Gasteiger partial charge in [-0.3, -0.25) is 14.4 Å². The predicted molar refractivity (Wildman–Crippen MR) is 101 cm³/mol. The summed E-state index contributed by atoms with van der Waals surface area (Å²) in [5.41, 5.74) is 1.37. The topological polar surface area (TPSA) is 78.5 Å². The highest BCUT2D eigenvalue weighted by Gasteiger charge is 2.38. The molecule has 1 aromatic rings. The molecule has 2 aliphatic rings. The molecule has 0 bridgehead atoms. The maximum absolute atomic E-state index is 12.5. The number of anilines is 2. The summed E-state index contributed by atoms with van der Waals surface area (Å²) in [5, 5.41) is 5.71. The van der Waals surface area contributed by atoms with E-state index in [1.54, 1.807) is 24.3 Å². The fraction of sp³-hybridized carbons (Fsp3) is 0.550. The largest absolute Gasteiger partial charge is 0.339 e. The highest BCUT2D eigenvalue weighted by atomic mass is 16.2. The van der Waals surface area contributed by atoms with Crippen LogP contribution < -0.4 is 10.6 Å². The lowest BCUT2D eigenvalue weighted by Gasteiger charge is -2.23. The van der Waals surface area contributed by atoms with Gasteiger partial charge in [-0.2, -0.15) is 0 Å². The van der Waals surface area contributed by atoms with Crippen molar-refractivity contribution in [3.05, 3.63) is 24.3 Å². The van der Waals surface area contributed by atoms with E-state index in [1.165, 1.54) is 12.8 Å². The summed E-state index contributed by atoms with van der Waals surface area (Å²) >= 11 is 0. The molecule has 1 saturated carbocycles. The minimum Gasteiger partial charge on any atom is -0.339 e. The molecule has 0 unspecified atom stereocenters. The van der Waals surface area contributed by atoms with Crippen LogP contribution in [0.15, 0.2) is 24.3 Å². The van der Waals surface area contributed by atoms with Crippen molar-refractivity contribution in [3.63, 3.8) is 0 Å². The molecule has 2 N–H and O–H groups in total. The minimum absolute atomic E-state index is 0.0433. The first-order valence-electron chi connectivity index (χ1n) is 9.45. The normalized spacial score (nSPS) is 20.7. The SMILES string of the molecule is CC(C)C(=O)Nc1ccc(NC(=O)[C@H]2CC(=O)N(C3CCCC3)C2)cc1. The lowest BCUT2D eigenvalue weighted by atomic mass is 10.1. The number of carbonyl (C=O) groups excluding carboxylic acids is 3. The summed E-state index contributed by atoms with van der Waals surface area (Å²) in [6.45, 7) is 4.20. The van der Waals surface area contributed by atoms with Crippen molar-refractivity contribution in [1.82, 2.24) is 4.90 Å². The van der Waals surface area contributed by atoms with Crippen molar-refractivity contribution in [2.45, 2.75) is 52.0 Å². The molecule has 6 nitrogen and oxygen atoms in total. The third-order valence-electron chi connectivity index (χ3n) is 5.24. The van der Waals surface area contributed by atoms with E-state index in [4.69, 9.17) is 0 Å². The van der Waals surface area contributed by atoms with Crippen molar-refractivity contribution >= 4 is 29.1 Å². The quantitative estimate of drug-likeness (QED) is 0.850. The van der Waals surface area contributed by atoms with Gasteiger partial charge < -0.3 is 15.5 Å². The number of benzene rings is 1. The first kappa shape index (κ1) is 18.4. The molecule has 140 valence electrons. The summed E-state index contributed by atoms with van der Waals surface area (Å²) in [6.07, 6.45) is 4.76. The molecule has 0 radical (unpaired) electrons. The van der Waals surface area contributed by atoms with Gasteiger partial charge in [0.25, 0.3) is 0 Å². The van der Waals surface area contributed by atoms with Crippen molar-refractivity contribution in [3.8, 4) is 0 Å². The summed E-state index contributed by atoms with van der Waals surface area (Å²) in [7, 11) is 0. The fourth-order valence-electron chi connectivity index (χ4n) is 3.64. The zero-order valence-electron chi connectivity index (χ0n) is 15.5. The Labute approximate surface area is 154 Å². The molecule has 0 aromatic heterocycles. The Hall–Kier alpha value is -2.37. The lowest BCUT2D eigenvalue weighted by molar-refractivity contribution is -0.130. The van der Waals surface area contributed by atoms with Crippen LogP contribution in [0.5, 0.6) is 0 Å². The number of nitrogens with zero attached hydrogens (tertiary/aromatic N) is 1. The van der Waals surface area contributed by atoms with Gasteiger partial charge in [0.15, 0.2) is 0 Å². The molecule has 1 saturated heterocycles. The van der Waals surface area contributed by atoms with Gasteiger partial charge in [-0.25, -0.2) is 0 Å². The highest BCUT2D eigenvalue weighted by molar-refractivity contribution is 5.97. The molecular formula is C20H27N3O3. The average Bonchev–Trinajstić information content (AvgIpc) is 3.25. The Kier molecular flexibility index (Phi) is 5.59. The number of hydrogen-bond donors (Lipinski definition) is 2. The molecule has 1 aromatic carbocycles. The Morgan fingerprint density at radius 1 is 1.04 bits per heavy atom. The van der Waals surface area contributed by atoms with Crippen molar-refractivity contribution in [1.29, 1.82) is 0 Å². The second kappa shape index (κ2) is 7.89. The van der Waals surface area contributed by atoms with Gasteiger partial charge in [0, 0.05) is 36.3 Å². The number of likely N-dealkylation sites (tertiary alicyclic amines) is 1. The van der Waals surface area contributed by atoms with Crippen LogP contribution in [0.2, 0.25) is 0 Å². The van der Waals surface area contributed by atoms with Gasteiger partial charge in [0.1, 0.15) is 0 Å². The molecule has 1 atom stereocenters. The van der Waals surface area contributed by atoms with E-state index in [2.05, 4.69) is 10.6 Å². The second-order valence-corrected chi connectivity index (χ2v) is 7.60. The monoisotopic (exact) mass is 357 g/mol. The first-order chi connectivity index (χ1) is 12.4. The zero-order valence-corrected chi connectivity index (χ0v) is 15.5. The molecule has 26 heavy (non-hydrogen) atoms. The van der Waals surface area contributed by atoms with E-state index in [-0.39, 0.29) is 29.6 Å². The Morgan fingerprint density at radius 2 is 1.62 bits per heavy atom. The van der Waals surface area contributed by atoms with E-state index in [1.807, 2.05) is 18.7 Å². The third-order valence-corrected chi connectivity index (χ3v) is 5.24. The third kappa shape index (κ3) is 4.23. The standard InChI is InChI=1S/C20H27N3O3/c1-13(2)19(25)21-15-7-9-16(10-8-15)22-20(26)14-11-18(24)23(12-14)17-5-3-4-6-17/h7-10,13-14,17H,3-6,11-12H2,1-2H3,(H,21,25)(H,22,26)/t14-/m0/s1. The van der Waals surface area contributed by atoms with Crippen LogP contribution in [0, 0.1) is 11.8 Å². The van der Waals surface area contributed by atoms with Crippen LogP contribution in [-0.4, -0.2) is 35.2 Å². The van der Waals surface area contributed by atoms with Crippen molar-refractivity contribution < 1.29 is 14.4 Å². The van der Waals surface area contributed by atoms with Gasteiger partial charge in [-0.05, 0) is 37.1 Å². The van der Waals surface area contributed by atoms with Crippen LogP contribution in [-0.2, 0) is 14.4 Å². The van der Waals surface area contributed by atoms with Crippen molar-refractivity contribution in [2.24, 2.45) is 11.8 Å². The zero-order chi connectivity index (χ0) is 18.7. The molecule has 2 fully saturated rings. The van der Waals surface area contributed by atoms with E-state index in [9.17, 15) is 14.4 Å². The Balaban J connectivity index is 1.55. The van der Waals surface area contributed by atoms with Crippen LogP contribution >= 0.6 is 0 Å². The van der Waals surface area contributed by atoms with Crippen LogP contribution in [0.3, 0.4) is 0 Å². The Bertz CT molecular complexity index is 678. The van der Waals surface area contributed by atoms with E-state index in [0.29, 0.717) is 30.4 Å². The van der Waals surface area contributed by atoms with Crippen LogP contribution in [0.4, 0.5) is 11.4 Å². The van der Waals surface area contributed by atoms with E-state index >= 15 is 0 Å². The summed E-state index contributed by atoms with van der Waals surface area (Å²) in [6, 6.07) is 7.38. The average molecular weight is 357 g/mol. The highest BCUT2D eigenvalue weighted by Crippen LogP contribution is 2.30. The van der Waals surface area contributed by atoms with E-state index < -0.39 is 0 Å². The molecule has 3 rings (SSSR count). The summed E-state index contributed by atoms with van der Waals surface area (Å²) in [4.78, 5) is 38.4. The maximum Gasteiger partial charge on any atom is 0.229 e. The maximum atomic E-state index is 12.5. The molecule has 6 heteroatoms. The van der Waals surface area contributed by atoms with Crippen molar-refractivity contribution in [2.75, 3.05) is 17.2 Å². The predicted octanol–water partition coefficient (Wildman–Crippen LogP) is 3.01.